The number of methoxy groups -OCH3 is 2. The van der Waals surface area contributed by atoms with Crippen LogP contribution in [0.4, 0.5) is 0 Å². The van der Waals surface area contributed by atoms with Crippen LogP contribution in [0.3, 0.4) is 0 Å². The van der Waals surface area contributed by atoms with Crippen LogP contribution in [0.5, 0.6) is 11.8 Å². The van der Waals surface area contributed by atoms with Gasteiger partial charge in [0.1, 0.15) is 0 Å². The molecule has 51 heavy (non-hydrogen) atoms. The highest BCUT2D eigenvalue weighted by atomic mass is 35.5. The second kappa shape index (κ2) is 15.2. The number of hydrogen-bond donors (Lipinski definition) is 4. The molecule has 4 N–H and O–H groups in total. The molecule has 0 unspecified atom stereocenters. The highest BCUT2D eigenvalue weighted by Crippen LogP contribution is 2.42. The van der Waals surface area contributed by atoms with Crippen LogP contribution >= 0.6 is 23.2 Å². The number of halogens is 2. The SMILES string of the molecule is COc1nc(-c2cccc(-c3cccc(-c4cnc5c(CNC[C@@H]6CCC(=O)N6)c(OC)nn5c4)c3Cl)c2Cl)ccc1CNC[C@H]1CCC(=O)N1. The Labute approximate surface area is 305 Å². The molecule has 0 saturated carbocycles. The molecule has 0 radical (unpaired) electrons. The Morgan fingerprint density at radius 1 is 0.804 bits per heavy atom. The first-order chi connectivity index (χ1) is 24.8. The highest BCUT2D eigenvalue weighted by molar-refractivity contribution is 6.39. The summed E-state index contributed by atoms with van der Waals surface area (Å²) in [7, 11) is 3.18. The number of hydrogen-bond acceptors (Lipinski definition) is 9. The van der Waals surface area contributed by atoms with Gasteiger partial charge in [0.05, 0.1) is 35.5 Å². The van der Waals surface area contributed by atoms with Crippen LogP contribution in [0.15, 0.2) is 60.9 Å². The molecule has 0 bridgehead atoms. The summed E-state index contributed by atoms with van der Waals surface area (Å²) in [5.74, 6) is 1.15. The van der Waals surface area contributed by atoms with Crippen molar-refractivity contribution in [2.45, 2.75) is 50.9 Å². The van der Waals surface area contributed by atoms with Crippen LogP contribution in [0.1, 0.15) is 36.8 Å². The van der Waals surface area contributed by atoms with Gasteiger partial charge < -0.3 is 30.7 Å². The maximum atomic E-state index is 11.6. The maximum absolute atomic E-state index is 11.6. The molecule has 2 saturated heterocycles. The van der Waals surface area contributed by atoms with Crippen LogP contribution in [-0.4, -0.2) is 70.8 Å². The van der Waals surface area contributed by atoms with E-state index in [0.717, 1.165) is 51.8 Å². The van der Waals surface area contributed by atoms with Crippen molar-refractivity contribution in [2.24, 2.45) is 0 Å². The molecule has 7 rings (SSSR count). The number of amides is 2. The molecule has 5 heterocycles. The lowest BCUT2D eigenvalue weighted by molar-refractivity contribution is -0.120. The van der Waals surface area contributed by atoms with Gasteiger partial charge in [-0.2, -0.15) is 0 Å². The molecule has 2 fully saturated rings. The van der Waals surface area contributed by atoms with Gasteiger partial charge in [-0.05, 0) is 18.9 Å². The van der Waals surface area contributed by atoms with Gasteiger partial charge in [0.25, 0.3) is 0 Å². The fraction of sp³-hybridized carbons (Fsp3) is 0.324. The highest BCUT2D eigenvalue weighted by Gasteiger charge is 2.23. The van der Waals surface area contributed by atoms with Gasteiger partial charge in [-0.25, -0.2) is 14.5 Å². The molecule has 14 heteroatoms. The van der Waals surface area contributed by atoms with Crippen LogP contribution in [0.2, 0.25) is 10.0 Å². The number of benzene rings is 2. The fourth-order valence-corrected chi connectivity index (χ4v) is 7.33. The Kier molecular flexibility index (Phi) is 10.4. The van der Waals surface area contributed by atoms with Crippen molar-refractivity contribution in [3.63, 3.8) is 0 Å². The Bertz CT molecular complexity index is 2110. The number of rotatable bonds is 13. The third kappa shape index (κ3) is 7.36. The van der Waals surface area contributed by atoms with Gasteiger partial charge >= 0.3 is 0 Å². The molecule has 2 amide bonds. The normalized spacial score (nSPS) is 17.2. The van der Waals surface area contributed by atoms with E-state index in [4.69, 9.17) is 42.6 Å². The third-order valence-corrected chi connectivity index (χ3v) is 10.1. The summed E-state index contributed by atoms with van der Waals surface area (Å²) in [4.78, 5) is 32.6. The van der Waals surface area contributed by atoms with Gasteiger partial charge in [0, 0.05) is 96.9 Å². The minimum atomic E-state index is 0.0864. The van der Waals surface area contributed by atoms with Crippen molar-refractivity contribution in [2.75, 3.05) is 27.3 Å². The van der Waals surface area contributed by atoms with Crippen molar-refractivity contribution >= 4 is 40.7 Å². The molecule has 0 aliphatic carbocycles. The van der Waals surface area contributed by atoms with Crippen LogP contribution in [-0.2, 0) is 22.7 Å². The lowest BCUT2D eigenvalue weighted by atomic mass is 9.97. The topological polar surface area (TPSA) is 144 Å². The Balaban J connectivity index is 1.12. The number of nitrogens with zero attached hydrogens (tertiary/aromatic N) is 4. The van der Waals surface area contributed by atoms with Crippen LogP contribution < -0.4 is 30.7 Å². The van der Waals surface area contributed by atoms with E-state index in [2.05, 4.69) is 26.4 Å². The van der Waals surface area contributed by atoms with Crippen molar-refractivity contribution in [1.82, 2.24) is 40.8 Å². The predicted octanol–water partition coefficient (Wildman–Crippen LogP) is 5.19. The smallest absolute Gasteiger partial charge is 0.239 e. The molecule has 12 nitrogen and oxygen atoms in total. The zero-order valence-corrected chi connectivity index (χ0v) is 29.8. The number of aromatic nitrogens is 4. The number of carbonyl (C=O) groups is 2. The van der Waals surface area contributed by atoms with Gasteiger partial charge in [-0.15, -0.1) is 5.10 Å². The molecule has 3 aromatic heterocycles. The summed E-state index contributed by atoms with van der Waals surface area (Å²) in [6.07, 6.45) is 6.43. The largest absolute Gasteiger partial charge is 0.481 e. The van der Waals surface area contributed by atoms with E-state index in [0.29, 0.717) is 72.2 Å². The molecule has 2 aliphatic heterocycles. The van der Waals surface area contributed by atoms with E-state index in [1.165, 1.54) is 0 Å². The molecule has 5 aromatic rings. The number of ether oxygens (including phenoxy) is 2. The van der Waals surface area contributed by atoms with Gasteiger partial charge in [-0.1, -0.05) is 65.7 Å². The first kappa shape index (κ1) is 34.7. The standard InChI is InChI=1S/C37H38Cl2N8O4/c1-50-36-21(15-40-17-23-10-13-31(48)43-23)9-12-30(45-36)28-8-4-7-27(34(28)39)26-6-3-5-25(33(26)38)22-16-42-35-29(37(51-2)46-47(35)20-22)19-41-18-24-11-14-32(49)44-24/h3-9,12,16,20,23-24,40-41H,10-11,13-15,17-19H2,1-2H3,(H,43,48)(H,44,49)/t23-,24+/m1/s1. The monoisotopic (exact) mass is 728 g/mol. The Hall–Kier alpha value is -4.75. The molecular formula is C37H38Cl2N8O4. The average molecular weight is 730 g/mol. The van der Waals surface area contributed by atoms with Gasteiger partial charge in [0.15, 0.2) is 5.65 Å². The van der Waals surface area contributed by atoms with E-state index < -0.39 is 0 Å². The van der Waals surface area contributed by atoms with E-state index in [1.54, 1.807) is 24.9 Å². The number of pyridine rings is 1. The molecule has 264 valence electrons. The predicted molar refractivity (Wildman–Crippen MR) is 196 cm³/mol. The number of carbonyl (C=O) groups excluding carboxylic acids is 2. The lowest BCUT2D eigenvalue weighted by Crippen LogP contribution is -2.35. The van der Waals surface area contributed by atoms with Crippen LogP contribution in [0, 0.1) is 0 Å². The number of fused-ring (bicyclic) bond motifs is 1. The summed E-state index contributed by atoms with van der Waals surface area (Å²) in [5, 5.41) is 18.4. The fourth-order valence-electron chi connectivity index (χ4n) is 6.66. The maximum Gasteiger partial charge on any atom is 0.239 e. The van der Waals surface area contributed by atoms with Gasteiger partial charge in [0.2, 0.25) is 23.6 Å². The lowest BCUT2D eigenvalue weighted by Gasteiger charge is -2.15. The van der Waals surface area contributed by atoms with Crippen molar-refractivity contribution < 1.29 is 19.1 Å². The molecule has 2 aromatic carbocycles. The summed E-state index contributed by atoms with van der Waals surface area (Å²) in [6, 6.07) is 15.7. The zero-order valence-electron chi connectivity index (χ0n) is 28.3. The number of nitrogens with one attached hydrogen (secondary N) is 4. The summed E-state index contributed by atoms with van der Waals surface area (Å²) in [5.41, 5.74) is 6.84. The van der Waals surface area contributed by atoms with E-state index in [9.17, 15) is 9.59 Å². The summed E-state index contributed by atoms with van der Waals surface area (Å²) in [6.45, 7) is 2.35. The molecule has 2 atom stereocenters. The van der Waals surface area contributed by atoms with E-state index >= 15 is 0 Å². The Morgan fingerprint density at radius 3 is 2.04 bits per heavy atom. The van der Waals surface area contributed by atoms with Crippen molar-refractivity contribution in [3.05, 3.63) is 82.1 Å². The molecule has 2 aliphatic rings. The van der Waals surface area contributed by atoms with Gasteiger partial charge in [-0.3, -0.25) is 9.59 Å². The average Bonchev–Trinajstić information content (AvgIpc) is 3.86. The van der Waals surface area contributed by atoms with E-state index in [1.807, 2.05) is 54.7 Å². The minimum absolute atomic E-state index is 0.0864. The third-order valence-electron chi connectivity index (χ3n) is 9.30. The van der Waals surface area contributed by atoms with Crippen LogP contribution in [0.25, 0.3) is 39.2 Å². The zero-order chi connectivity index (χ0) is 35.5. The Morgan fingerprint density at radius 2 is 1.41 bits per heavy atom. The minimum Gasteiger partial charge on any atom is -0.481 e. The second-order valence-corrected chi connectivity index (χ2v) is 13.4. The van der Waals surface area contributed by atoms with E-state index in [-0.39, 0.29) is 23.9 Å². The summed E-state index contributed by atoms with van der Waals surface area (Å²) >= 11 is 14.2. The first-order valence-corrected chi connectivity index (χ1v) is 17.6. The molecular weight excluding hydrogens is 691 g/mol. The van der Waals surface area contributed by atoms with Crippen molar-refractivity contribution in [3.8, 4) is 45.3 Å². The molecule has 0 spiro atoms. The quantitative estimate of drug-likeness (QED) is 0.129. The van der Waals surface area contributed by atoms with Crippen molar-refractivity contribution in [1.29, 1.82) is 0 Å². The first-order valence-electron chi connectivity index (χ1n) is 16.9. The second-order valence-electron chi connectivity index (χ2n) is 12.7. The summed E-state index contributed by atoms with van der Waals surface area (Å²) < 4.78 is 12.9.